The Hall–Kier alpha value is -6.94. The molecule has 0 aliphatic rings. The van der Waals surface area contributed by atoms with Crippen LogP contribution in [0.2, 0.25) is 0 Å². The summed E-state index contributed by atoms with van der Waals surface area (Å²) in [6.45, 7) is 0. The summed E-state index contributed by atoms with van der Waals surface area (Å²) in [5.41, 5.74) is 12.3. The SMILES string of the molecule is c1ccc(-c2ccccc2-c2ccc(N(c3ccccc3)c3ccc(-c4cccc5oc6ccc7ccc8sc9ccccc9c8c7c6c45)cc3)cc2)cc1. The molecule has 11 aromatic rings. The van der Waals surface area contributed by atoms with Gasteiger partial charge in [-0.1, -0.05) is 140 Å². The predicted octanol–water partition coefficient (Wildman–Crippen LogP) is 15.6. The maximum absolute atomic E-state index is 6.61. The van der Waals surface area contributed by atoms with Crippen molar-refractivity contribution < 1.29 is 4.42 Å². The molecule has 0 amide bonds. The molecule has 2 nitrogen and oxygen atoms in total. The molecule has 0 radical (unpaired) electrons. The lowest BCUT2D eigenvalue weighted by Gasteiger charge is -2.26. The molecule has 3 heteroatoms. The van der Waals surface area contributed by atoms with Gasteiger partial charge in [-0.05, 0) is 99.4 Å². The summed E-state index contributed by atoms with van der Waals surface area (Å²) in [5, 5.41) is 7.44. The summed E-state index contributed by atoms with van der Waals surface area (Å²) >= 11 is 1.86. The fourth-order valence-electron chi connectivity index (χ4n) is 8.39. The average molecular weight is 720 g/mol. The van der Waals surface area contributed by atoms with Gasteiger partial charge in [0.1, 0.15) is 11.2 Å². The largest absolute Gasteiger partial charge is 0.456 e. The van der Waals surface area contributed by atoms with Crippen LogP contribution in [-0.2, 0) is 0 Å². The zero-order valence-corrected chi connectivity index (χ0v) is 30.6. The molecule has 0 fully saturated rings. The normalized spacial score (nSPS) is 11.6. The Morgan fingerprint density at radius 1 is 0.327 bits per heavy atom. The summed E-state index contributed by atoms with van der Waals surface area (Å²) in [7, 11) is 0. The van der Waals surface area contributed by atoms with E-state index in [0.717, 1.165) is 39.2 Å². The number of fused-ring (bicyclic) bond motifs is 9. The number of nitrogens with zero attached hydrogens (tertiary/aromatic N) is 1. The first-order valence-electron chi connectivity index (χ1n) is 18.7. The number of thiophene rings is 1. The minimum atomic E-state index is 0.903. The number of furan rings is 1. The molecule has 2 aromatic heterocycles. The maximum atomic E-state index is 6.61. The molecule has 55 heavy (non-hydrogen) atoms. The molecule has 11 rings (SSSR count). The van der Waals surface area contributed by atoms with Crippen LogP contribution in [0.1, 0.15) is 0 Å². The van der Waals surface area contributed by atoms with Crippen LogP contribution in [0.4, 0.5) is 17.1 Å². The summed E-state index contributed by atoms with van der Waals surface area (Å²) < 4.78 is 9.21. The van der Waals surface area contributed by atoms with E-state index in [1.807, 2.05) is 11.3 Å². The van der Waals surface area contributed by atoms with Crippen LogP contribution < -0.4 is 4.90 Å². The van der Waals surface area contributed by atoms with Gasteiger partial charge in [-0.25, -0.2) is 0 Å². The Morgan fingerprint density at radius 2 is 0.873 bits per heavy atom. The van der Waals surface area contributed by atoms with Crippen molar-refractivity contribution in [2.75, 3.05) is 4.90 Å². The summed E-state index contributed by atoms with van der Waals surface area (Å²) in [4.78, 5) is 2.33. The van der Waals surface area contributed by atoms with E-state index in [2.05, 4.69) is 205 Å². The lowest BCUT2D eigenvalue weighted by Crippen LogP contribution is -2.09. The van der Waals surface area contributed by atoms with Crippen LogP contribution >= 0.6 is 11.3 Å². The van der Waals surface area contributed by atoms with E-state index in [-0.39, 0.29) is 0 Å². The van der Waals surface area contributed by atoms with E-state index in [1.165, 1.54) is 64.1 Å². The highest BCUT2D eigenvalue weighted by Crippen LogP contribution is 2.46. The van der Waals surface area contributed by atoms with Crippen molar-refractivity contribution in [1.29, 1.82) is 0 Å². The van der Waals surface area contributed by atoms with Gasteiger partial charge in [-0.2, -0.15) is 0 Å². The molecule has 0 bridgehead atoms. The lowest BCUT2D eigenvalue weighted by molar-refractivity contribution is 0.669. The van der Waals surface area contributed by atoms with Gasteiger partial charge in [0, 0.05) is 53.4 Å². The van der Waals surface area contributed by atoms with Crippen molar-refractivity contribution >= 4 is 81.3 Å². The Labute approximate surface area is 322 Å². The second-order valence-electron chi connectivity index (χ2n) is 14.0. The molecule has 0 spiro atoms. The van der Waals surface area contributed by atoms with Gasteiger partial charge in [0.25, 0.3) is 0 Å². The molecule has 0 atom stereocenters. The van der Waals surface area contributed by atoms with Gasteiger partial charge in [-0.3, -0.25) is 0 Å². The molecule has 2 heterocycles. The van der Waals surface area contributed by atoms with Crippen molar-refractivity contribution in [2.24, 2.45) is 0 Å². The molecule has 0 N–H and O–H groups in total. The zero-order valence-electron chi connectivity index (χ0n) is 29.8. The second kappa shape index (κ2) is 12.9. The van der Waals surface area contributed by atoms with Gasteiger partial charge < -0.3 is 9.32 Å². The quantitative estimate of drug-likeness (QED) is 0.170. The third-order valence-electron chi connectivity index (χ3n) is 10.9. The van der Waals surface area contributed by atoms with Crippen molar-refractivity contribution in [2.45, 2.75) is 0 Å². The van der Waals surface area contributed by atoms with E-state index < -0.39 is 0 Å². The van der Waals surface area contributed by atoms with E-state index in [9.17, 15) is 0 Å². The van der Waals surface area contributed by atoms with Gasteiger partial charge in [0.2, 0.25) is 0 Å². The van der Waals surface area contributed by atoms with Crippen molar-refractivity contribution in [1.82, 2.24) is 0 Å². The molecular weight excluding hydrogens is 687 g/mol. The minimum absolute atomic E-state index is 0.903. The topological polar surface area (TPSA) is 16.4 Å². The Balaban J connectivity index is 1.03. The molecule has 0 unspecified atom stereocenters. The molecule has 0 aliphatic heterocycles. The first kappa shape index (κ1) is 31.6. The minimum Gasteiger partial charge on any atom is -0.456 e. The van der Waals surface area contributed by atoms with Gasteiger partial charge in [0.15, 0.2) is 0 Å². The highest BCUT2D eigenvalue weighted by Gasteiger charge is 2.20. The molecule has 0 saturated carbocycles. The first-order valence-corrected chi connectivity index (χ1v) is 19.5. The van der Waals surface area contributed by atoms with Crippen molar-refractivity contribution in [3.05, 3.63) is 200 Å². The molecule has 258 valence electrons. The van der Waals surface area contributed by atoms with Crippen LogP contribution in [0.5, 0.6) is 0 Å². The van der Waals surface area contributed by atoms with E-state index in [0.29, 0.717) is 0 Å². The predicted molar refractivity (Wildman–Crippen MR) is 235 cm³/mol. The highest BCUT2D eigenvalue weighted by molar-refractivity contribution is 7.26. The number of benzene rings is 9. The summed E-state index contributed by atoms with van der Waals surface area (Å²) in [6, 6.07) is 71.9. The third-order valence-corrected chi connectivity index (χ3v) is 12.0. The smallest absolute Gasteiger partial charge is 0.136 e. The van der Waals surface area contributed by atoms with Crippen molar-refractivity contribution in [3.8, 4) is 33.4 Å². The van der Waals surface area contributed by atoms with Crippen LogP contribution in [-0.4, -0.2) is 0 Å². The van der Waals surface area contributed by atoms with Crippen LogP contribution in [0.25, 0.3) is 86.3 Å². The number of hydrogen-bond acceptors (Lipinski definition) is 3. The number of hydrogen-bond donors (Lipinski definition) is 0. The average Bonchev–Trinajstić information content (AvgIpc) is 3.84. The number of anilines is 3. The van der Waals surface area contributed by atoms with E-state index in [1.54, 1.807) is 0 Å². The van der Waals surface area contributed by atoms with Crippen LogP contribution in [0.15, 0.2) is 205 Å². The maximum Gasteiger partial charge on any atom is 0.136 e. The standard InChI is InChI=1S/C52H33NOS/c1-3-12-34(13-4-1)41-16-7-8-17-42(41)35-22-28-39(29-23-35)53(38-14-5-2-6-15-38)40-30-24-36(25-31-40)43-19-11-20-45-50(43)52-46(54-45)32-26-37-27-33-48-51(49(37)52)44-18-9-10-21-47(44)55-48/h1-33H. The molecule has 0 saturated heterocycles. The van der Waals surface area contributed by atoms with E-state index in [4.69, 9.17) is 4.42 Å². The zero-order chi connectivity index (χ0) is 36.3. The molecular formula is C52H33NOS. The van der Waals surface area contributed by atoms with Gasteiger partial charge in [0.05, 0.1) is 0 Å². The third kappa shape index (κ3) is 5.24. The van der Waals surface area contributed by atoms with Crippen molar-refractivity contribution in [3.63, 3.8) is 0 Å². The Kier molecular flexibility index (Phi) is 7.39. The number of para-hydroxylation sites is 1. The second-order valence-corrected chi connectivity index (χ2v) is 15.1. The highest BCUT2D eigenvalue weighted by atomic mass is 32.1. The summed E-state index contributed by atoms with van der Waals surface area (Å²) in [6.07, 6.45) is 0. The fraction of sp³-hybridized carbons (Fsp3) is 0. The van der Waals surface area contributed by atoms with Crippen LogP contribution in [0, 0.1) is 0 Å². The molecule has 0 aliphatic carbocycles. The number of rotatable bonds is 6. The Morgan fingerprint density at radius 3 is 1.60 bits per heavy atom. The first-order chi connectivity index (χ1) is 27.3. The monoisotopic (exact) mass is 719 g/mol. The Bertz CT molecular complexity index is 3170. The van der Waals surface area contributed by atoms with Gasteiger partial charge >= 0.3 is 0 Å². The molecule has 9 aromatic carbocycles. The fourth-order valence-corrected chi connectivity index (χ4v) is 9.50. The summed E-state index contributed by atoms with van der Waals surface area (Å²) in [5.74, 6) is 0. The van der Waals surface area contributed by atoms with Gasteiger partial charge in [-0.15, -0.1) is 11.3 Å². The van der Waals surface area contributed by atoms with Crippen LogP contribution in [0.3, 0.4) is 0 Å². The van der Waals surface area contributed by atoms with E-state index >= 15 is 0 Å². The lowest BCUT2D eigenvalue weighted by atomic mass is 9.94.